The summed E-state index contributed by atoms with van der Waals surface area (Å²) in [6.07, 6.45) is 2.61. The highest BCUT2D eigenvalue weighted by molar-refractivity contribution is 6.02. The number of ether oxygens (including phenoxy) is 1. The van der Waals surface area contributed by atoms with Crippen molar-refractivity contribution in [1.82, 2.24) is 0 Å². The van der Waals surface area contributed by atoms with Gasteiger partial charge >= 0.3 is 0 Å². The Kier molecular flexibility index (Phi) is 4.84. The minimum Gasteiger partial charge on any atom is -0.409 e. The maximum absolute atomic E-state index is 8.89. The van der Waals surface area contributed by atoms with Gasteiger partial charge in [0.15, 0.2) is 5.84 Å². The van der Waals surface area contributed by atoms with Crippen molar-refractivity contribution in [3.63, 3.8) is 0 Å². The van der Waals surface area contributed by atoms with E-state index in [-0.39, 0.29) is 5.84 Å². The molecule has 0 radical (unpaired) electrons. The van der Waals surface area contributed by atoms with Crippen molar-refractivity contribution in [3.8, 4) is 0 Å². The van der Waals surface area contributed by atoms with E-state index >= 15 is 0 Å². The van der Waals surface area contributed by atoms with Crippen molar-refractivity contribution in [2.24, 2.45) is 16.8 Å². The molecule has 1 saturated carbocycles. The molecular weight excluding hydrogens is 254 g/mol. The molecule has 0 aliphatic heterocycles. The lowest BCUT2D eigenvalue weighted by Gasteiger charge is -2.24. The lowest BCUT2D eigenvalue weighted by Crippen LogP contribution is -2.27. The summed E-state index contributed by atoms with van der Waals surface area (Å²) < 4.78 is 5.66. The second-order valence-corrected chi connectivity index (χ2v) is 5.40. The number of amidine groups is 1. The summed E-state index contributed by atoms with van der Waals surface area (Å²) in [5.41, 5.74) is 8.57. The van der Waals surface area contributed by atoms with Gasteiger partial charge in [-0.25, -0.2) is 0 Å². The minimum absolute atomic E-state index is 0.134. The van der Waals surface area contributed by atoms with Gasteiger partial charge in [-0.2, -0.15) is 0 Å². The summed E-state index contributed by atoms with van der Waals surface area (Å²) in [4.78, 5) is 2.09. The lowest BCUT2D eigenvalue weighted by atomic mass is 10.1. The molecule has 2 rings (SSSR count). The van der Waals surface area contributed by atoms with Crippen LogP contribution in [0.3, 0.4) is 0 Å². The molecule has 0 spiro atoms. The van der Waals surface area contributed by atoms with Crippen molar-refractivity contribution in [2.45, 2.75) is 19.8 Å². The second kappa shape index (κ2) is 6.61. The number of anilines is 1. The van der Waals surface area contributed by atoms with Gasteiger partial charge in [0.1, 0.15) is 0 Å². The van der Waals surface area contributed by atoms with Crippen LogP contribution in [0.25, 0.3) is 0 Å². The van der Waals surface area contributed by atoms with Gasteiger partial charge in [-0.1, -0.05) is 17.3 Å². The van der Waals surface area contributed by atoms with E-state index in [4.69, 9.17) is 15.7 Å². The van der Waals surface area contributed by atoms with E-state index in [1.807, 2.05) is 32.2 Å². The number of hydrogen-bond donors (Lipinski definition) is 2. The number of nitrogens with zero attached hydrogens (tertiary/aromatic N) is 2. The van der Waals surface area contributed by atoms with Crippen LogP contribution in [0, 0.1) is 12.8 Å². The first-order chi connectivity index (χ1) is 9.63. The van der Waals surface area contributed by atoms with Gasteiger partial charge in [0.25, 0.3) is 0 Å². The highest BCUT2D eigenvalue weighted by Crippen LogP contribution is 2.29. The Balaban J connectivity index is 2.01. The summed E-state index contributed by atoms with van der Waals surface area (Å²) in [6.45, 7) is 4.36. The SMILES string of the molecule is Cc1cccc(/C(N)=N/O)c1N(C)CCOCC1CC1. The Morgan fingerprint density at radius 3 is 2.90 bits per heavy atom. The van der Waals surface area contributed by atoms with Crippen LogP contribution in [0.4, 0.5) is 5.69 Å². The lowest BCUT2D eigenvalue weighted by molar-refractivity contribution is 0.131. The predicted molar refractivity (Wildman–Crippen MR) is 80.5 cm³/mol. The summed E-state index contributed by atoms with van der Waals surface area (Å²) in [6, 6.07) is 5.79. The number of aryl methyl sites for hydroxylation is 1. The van der Waals surface area contributed by atoms with Crippen molar-refractivity contribution < 1.29 is 9.94 Å². The molecule has 1 aliphatic carbocycles. The molecule has 0 saturated heterocycles. The summed E-state index contributed by atoms with van der Waals surface area (Å²) in [5, 5.41) is 12.0. The highest BCUT2D eigenvalue weighted by atomic mass is 16.5. The molecule has 0 amide bonds. The predicted octanol–water partition coefficient (Wildman–Crippen LogP) is 1.95. The van der Waals surface area contributed by atoms with Crippen LogP contribution >= 0.6 is 0 Å². The standard InChI is InChI=1S/C15H23N3O2/c1-11-4-3-5-13(15(16)17-19)14(11)18(2)8-9-20-10-12-6-7-12/h3-5,12,19H,6-10H2,1-2H3,(H2,16,17). The maximum Gasteiger partial charge on any atom is 0.172 e. The molecule has 5 heteroatoms. The minimum atomic E-state index is 0.134. The fourth-order valence-electron chi connectivity index (χ4n) is 2.27. The van der Waals surface area contributed by atoms with Gasteiger partial charge in [-0.3, -0.25) is 0 Å². The van der Waals surface area contributed by atoms with Crippen molar-refractivity contribution in [1.29, 1.82) is 0 Å². The van der Waals surface area contributed by atoms with E-state index in [0.29, 0.717) is 6.61 Å². The zero-order valence-electron chi connectivity index (χ0n) is 12.2. The quantitative estimate of drug-likeness (QED) is 0.263. The Morgan fingerprint density at radius 1 is 1.50 bits per heavy atom. The van der Waals surface area contributed by atoms with Gasteiger partial charge in [-0.15, -0.1) is 0 Å². The number of nitrogens with two attached hydrogens (primary N) is 1. The third kappa shape index (κ3) is 3.63. The zero-order valence-corrected chi connectivity index (χ0v) is 12.2. The van der Waals surface area contributed by atoms with E-state index < -0.39 is 0 Å². The first-order valence-electron chi connectivity index (χ1n) is 7.00. The number of rotatable bonds is 7. The van der Waals surface area contributed by atoms with Gasteiger partial charge in [0, 0.05) is 25.8 Å². The monoisotopic (exact) mass is 277 g/mol. The van der Waals surface area contributed by atoms with E-state index in [1.165, 1.54) is 12.8 Å². The molecule has 0 atom stereocenters. The smallest absolute Gasteiger partial charge is 0.172 e. The Bertz CT molecular complexity index is 484. The van der Waals surface area contributed by atoms with Crippen molar-refractivity contribution in [3.05, 3.63) is 29.3 Å². The highest BCUT2D eigenvalue weighted by Gasteiger charge is 2.21. The molecule has 1 aromatic rings. The maximum atomic E-state index is 8.89. The molecule has 0 heterocycles. The first-order valence-corrected chi connectivity index (χ1v) is 7.00. The van der Waals surface area contributed by atoms with E-state index in [1.54, 1.807) is 0 Å². The summed E-state index contributed by atoms with van der Waals surface area (Å²) in [7, 11) is 2.00. The topological polar surface area (TPSA) is 71.1 Å². The molecule has 110 valence electrons. The first kappa shape index (κ1) is 14.7. The fraction of sp³-hybridized carbons (Fsp3) is 0.533. The fourth-order valence-corrected chi connectivity index (χ4v) is 2.27. The molecular formula is C15H23N3O2. The summed E-state index contributed by atoms with van der Waals surface area (Å²) >= 11 is 0. The molecule has 1 aliphatic rings. The molecule has 20 heavy (non-hydrogen) atoms. The van der Waals surface area contributed by atoms with Crippen LogP contribution in [0.15, 0.2) is 23.4 Å². The van der Waals surface area contributed by atoms with E-state index in [0.717, 1.165) is 35.9 Å². The normalized spacial score (nSPS) is 15.4. The van der Waals surface area contributed by atoms with Crippen LogP contribution in [0.2, 0.25) is 0 Å². The van der Waals surface area contributed by atoms with Gasteiger partial charge in [0.2, 0.25) is 0 Å². The Hall–Kier alpha value is -1.75. The zero-order chi connectivity index (χ0) is 14.5. The second-order valence-electron chi connectivity index (χ2n) is 5.40. The number of para-hydroxylation sites is 1. The molecule has 0 unspecified atom stereocenters. The van der Waals surface area contributed by atoms with E-state index in [9.17, 15) is 0 Å². The summed E-state index contributed by atoms with van der Waals surface area (Å²) in [5.74, 6) is 0.918. The van der Waals surface area contributed by atoms with Crippen LogP contribution in [0.1, 0.15) is 24.0 Å². The van der Waals surface area contributed by atoms with Crippen LogP contribution in [0.5, 0.6) is 0 Å². The van der Waals surface area contributed by atoms with Crippen LogP contribution in [-0.4, -0.2) is 37.8 Å². The average Bonchev–Trinajstić information content (AvgIpc) is 3.26. The molecule has 0 aromatic heterocycles. The molecule has 3 N–H and O–H groups in total. The van der Waals surface area contributed by atoms with Crippen LogP contribution < -0.4 is 10.6 Å². The van der Waals surface area contributed by atoms with E-state index in [2.05, 4.69) is 10.1 Å². The van der Waals surface area contributed by atoms with Gasteiger partial charge in [0.05, 0.1) is 12.3 Å². The molecule has 1 aromatic carbocycles. The number of hydrogen-bond acceptors (Lipinski definition) is 4. The van der Waals surface area contributed by atoms with Crippen molar-refractivity contribution in [2.75, 3.05) is 31.7 Å². The third-order valence-electron chi connectivity index (χ3n) is 3.62. The number of oxime groups is 1. The number of likely N-dealkylation sites (N-methyl/N-ethyl adjacent to an activating group) is 1. The Morgan fingerprint density at radius 2 is 2.25 bits per heavy atom. The largest absolute Gasteiger partial charge is 0.409 e. The third-order valence-corrected chi connectivity index (χ3v) is 3.62. The van der Waals surface area contributed by atoms with Gasteiger partial charge < -0.3 is 20.6 Å². The molecule has 0 bridgehead atoms. The number of benzene rings is 1. The molecule has 1 fully saturated rings. The molecule has 5 nitrogen and oxygen atoms in total. The van der Waals surface area contributed by atoms with Gasteiger partial charge in [-0.05, 0) is 37.3 Å². The van der Waals surface area contributed by atoms with Crippen molar-refractivity contribution >= 4 is 11.5 Å². The Labute approximate surface area is 120 Å². The average molecular weight is 277 g/mol. The van der Waals surface area contributed by atoms with Crippen LogP contribution in [-0.2, 0) is 4.74 Å².